The zero-order valence-electron chi connectivity index (χ0n) is 13.6. The second kappa shape index (κ2) is 5.89. The third kappa shape index (κ3) is 2.59. The van der Waals surface area contributed by atoms with Crippen molar-refractivity contribution in [3.8, 4) is 0 Å². The van der Waals surface area contributed by atoms with Gasteiger partial charge in [0, 0.05) is 31.4 Å². The molecule has 1 aliphatic heterocycles. The molecule has 0 saturated heterocycles. The Kier molecular flexibility index (Phi) is 4.06. The molecule has 122 valence electrons. The first-order chi connectivity index (χ1) is 10.9. The van der Waals surface area contributed by atoms with E-state index in [1.165, 1.54) is 4.57 Å². The largest absolute Gasteiger partial charge is 0.328 e. The van der Waals surface area contributed by atoms with Gasteiger partial charge in [0.15, 0.2) is 0 Å². The van der Waals surface area contributed by atoms with Crippen LogP contribution in [0.25, 0.3) is 0 Å². The van der Waals surface area contributed by atoms with Crippen molar-refractivity contribution in [3.05, 3.63) is 50.7 Å². The van der Waals surface area contributed by atoms with E-state index in [1.54, 1.807) is 35.7 Å². The molecule has 0 atom stereocenters. The fraction of sp³-hybridized carbons (Fsp3) is 0.412. The van der Waals surface area contributed by atoms with Gasteiger partial charge in [-0.1, -0.05) is 17.7 Å². The molecule has 0 unspecified atom stereocenters. The molecule has 2 heterocycles. The predicted molar refractivity (Wildman–Crippen MR) is 91.5 cm³/mol. The third-order valence-corrected chi connectivity index (χ3v) is 4.77. The Balaban J connectivity index is 2.07. The molecule has 23 heavy (non-hydrogen) atoms. The van der Waals surface area contributed by atoms with Crippen LogP contribution in [0.4, 0.5) is 5.69 Å². The maximum atomic E-state index is 13.0. The van der Waals surface area contributed by atoms with Crippen molar-refractivity contribution in [2.75, 3.05) is 11.9 Å². The van der Waals surface area contributed by atoms with Gasteiger partial charge in [0.2, 0.25) is 0 Å². The Labute approximate surface area is 140 Å². The van der Waals surface area contributed by atoms with E-state index in [1.807, 2.05) is 13.0 Å². The summed E-state index contributed by atoms with van der Waals surface area (Å²) in [6.07, 6.45) is 2.75. The molecule has 0 spiro atoms. The molecule has 0 saturated carbocycles. The summed E-state index contributed by atoms with van der Waals surface area (Å²) >= 11 is 6.07. The molecule has 3 rings (SSSR count). The van der Waals surface area contributed by atoms with E-state index < -0.39 is 0 Å². The lowest BCUT2D eigenvalue weighted by Gasteiger charge is -2.21. The molecule has 1 amide bonds. The fourth-order valence-electron chi connectivity index (χ4n) is 3.24. The highest BCUT2D eigenvalue weighted by Crippen LogP contribution is 2.26. The number of carbonyl (C=O) groups is 1. The Hall–Kier alpha value is -2.01. The van der Waals surface area contributed by atoms with Crippen LogP contribution in [0, 0.1) is 6.92 Å². The normalized spacial score (nSPS) is 13.7. The van der Waals surface area contributed by atoms with Crippen molar-refractivity contribution in [1.29, 1.82) is 0 Å². The van der Waals surface area contributed by atoms with Crippen LogP contribution in [0.5, 0.6) is 0 Å². The third-order valence-electron chi connectivity index (χ3n) is 4.54. The first-order valence-electron chi connectivity index (χ1n) is 7.74. The van der Waals surface area contributed by atoms with Gasteiger partial charge in [-0.3, -0.25) is 13.9 Å². The predicted octanol–water partition coefficient (Wildman–Crippen LogP) is 2.76. The number of fused-ring (bicyclic) bond motifs is 1. The summed E-state index contributed by atoms with van der Waals surface area (Å²) in [6.45, 7) is 2.62. The number of carbonyl (C=O) groups excluding carboxylic acids is 1. The lowest BCUT2D eigenvalue weighted by molar-refractivity contribution is 0.0983. The number of nitrogens with zero attached hydrogens (tertiary/aromatic N) is 3. The van der Waals surface area contributed by atoms with Crippen molar-refractivity contribution >= 4 is 23.2 Å². The van der Waals surface area contributed by atoms with E-state index >= 15 is 0 Å². The second-order valence-corrected chi connectivity index (χ2v) is 6.48. The number of halogens is 1. The molecule has 1 aromatic heterocycles. The quantitative estimate of drug-likeness (QED) is 0.848. The zero-order chi connectivity index (χ0) is 16.7. The minimum Gasteiger partial charge on any atom is -0.310 e. The molecule has 0 radical (unpaired) electrons. The minimum absolute atomic E-state index is 0.112. The average molecular weight is 334 g/mol. The topological polar surface area (TPSA) is 47.2 Å². The number of rotatable bonds is 2. The maximum absolute atomic E-state index is 13.0. The number of anilines is 1. The molecule has 0 aliphatic carbocycles. The van der Waals surface area contributed by atoms with E-state index in [4.69, 9.17) is 11.6 Å². The molecule has 6 heteroatoms. The van der Waals surface area contributed by atoms with Gasteiger partial charge in [0.1, 0.15) is 5.69 Å². The number of benzene rings is 1. The molecule has 5 nitrogen and oxygen atoms in total. The van der Waals surface area contributed by atoms with Gasteiger partial charge in [-0.2, -0.15) is 0 Å². The van der Waals surface area contributed by atoms with Crippen LogP contribution in [-0.2, 0) is 20.0 Å². The number of hydrogen-bond acceptors (Lipinski definition) is 2. The van der Waals surface area contributed by atoms with Crippen molar-refractivity contribution in [1.82, 2.24) is 9.13 Å². The van der Waals surface area contributed by atoms with Crippen LogP contribution in [0.3, 0.4) is 0 Å². The number of aryl methyl sites for hydroxylation is 1. The molecule has 1 aromatic carbocycles. The second-order valence-electron chi connectivity index (χ2n) is 6.04. The summed E-state index contributed by atoms with van der Waals surface area (Å²) in [5.41, 5.74) is 2.94. The van der Waals surface area contributed by atoms with E-state index in [0.717, 1.165) is 36.2 Å². The van der Waals surface area contributed by atoms with E-state index in [9.17, 15) is 9.59 Å². The summed E-state index contributed by atoms with van der Waals surface area (Å²) in [5.74, 6) is -0.175. The summed E-state index contributed by atoms with van der Waals surface area (Å²) < 4.78 is 3.20. The van der Waals surface area contributed by atoms with Crippen molar-refractivity contribution in [2.24, 2.45) is 7.05 Å². The highest BCUT2D eigenvalue weighted by Gasteiger charge is 2.28. The molecule has 0 bridgehead atoms. The summed E-state index contributed by atoms with van der Waals surface area (Å²) in [5, 5.41) is 0.582. The highest BCUT2D eigenvalue weighted by atomic mass is 35.5. The summed E-state index contributed by atoms with van der Waals surface area (Å²) in [7, 11) is 3.39. The van der Waals surface area contributed by atoms with Crippen molar-refractivity contribution in [3.63, 3.8) is 0 Å². The van der Waals surface area contributed by atoms with Crippen LogP contribution < -0.4 is 10.6 Å². The lowest BCUT2D eigenvalue weighted by atomic mass is 10.1. The lowest BCUT2D eigenvalue weighted by Crippen LogP contribution is -2.31. The van der Waals surface area contributed by atoms with Gasteiger partial charge in [-0.15, -0.1) is 0 Å². The molecular formula is C17H20ClN3O2. The van der Waals surface area contributed by atoms with Gasteiger partial charge >= 0.3 is 5.69 Å². The van der Waals surface area contributed by atoms with E-state index in [-0.39, 0.29) is 11.6 Å². The number of aromatic nitrogens is 2. The molecule has 0 N–H and O–H groups in total. The van der Waals surface area contributed by atoms with Crippen LogP contribution >= 0.6 is 11.6 Å². The minimum atomic E-state index is -0.175. The Morgan fingerprint density at radius 3 is 2.78 bits per heavy atom. The summed E-state index contributed by atoms with van der Waals surface area (Å²) in [6, 6.07) is 5.46. The van der Waals surface area contributed by atoms with Crippen LogP contribution in [0.1, 0.15) is 34.6 Å². The van der Waals surface area contributed by atoms with E-state index in [2.05, 4.69) is 0 Å². The van der Waals surface area contributed by atoms with Gasteiger partial charge in [-0.05, 0) is 43.9 Å². The fourth-order valence-corrected chi connectivity index (χ4v) is 3.41. The number of imidazole rings is 1. The first-order valence-corrected chi connectivity index (χ1v) is 8.12. The number of hydrogen-bond donors (Lipinski definition) is 0. The van der Waals surface area contributed by atoms with Crippen LogP contribution in [0.15, 0.2) is 23.0 Å². The Bertz CT molecular complexity index is 835. The Morgan fingerprint density at radius 2 is 2.04 bits per heavy atom. The molecule has 0 fully saturated rings. The van der Waals surface area contributed by atoms with Crippen molar-refractivity contribution < 1.29 is 4.79 Å². The summed E-state index contributed by atoms with van der Waals surface area (Å²) in [4.78, 5) is 27.0. The molecule has 1 aliphatic rings. The van der Waals surface area contributed by atoms with E-state index in [0.29, 0.717) is 17.3 Å². The van der Waals surface area contributed by atoms with Gasteiger partial charge in [-0.25, -0.2) is 4.79 Å². The average Bonchev–Trinajstić information content (AvgIpc) is 2.80. The highest BCUT2D eigenvalue weighted by molar-refractivity contribution is 6.31. The molecule has 2 aromatic rings. The van der Waals surface area contributed by atoms with Gasteiger partial charge < -0.3 is 4.90 Å². The van der Waals surface area contributed by atoms with Gasteiger partial charge in [0.05, 0.1) is 5.69 Å². The Morgan fingerprint density at radius 1 is 1.30 bits per heavy atom. The maximum Gasteiger partial charge on any atom is 0.328 e. The van der Waals surface area contributed by atoms with Crippen LogP contribution in [-0.4, -0.2) is 22.1 Å². The van der Waals surface area contributed by atoms with Gasteiger partial charge in [0.25, 0.3) is 5.91 Å². The smallest absolute Gasteiger partial charge is 0.310 e. The number of amides is 1. The standard InChI is InChI=1S/C17H20ClN3O2/c1-11-7-8-12(18)10-14(11)19(2)16(22)15-13-6-4-5-9-21(13)17(23)20(15)3/h7-8,10H,4-6,9H2,1-3H3. The van der Waals surface area contributed by atoms with Crippen molar-refractivity contribution in [2.45, 2.75) is 32.7 Å². The monoisotopic (exact) mass is 333 g/mol. The zero-order valence-corrected chi connectivity index (χ0v) is 14.4. The first kappa shape index (κ1) is 15.9. The SMILES string of the molecule is Cc1ccc(Cl)cc1N(C)C(=O)c1c2n(c(=O)n1C)CCCC2. The molecular weight excluding hydrogens is 314 g/mol. The van der Waals surface area contributed by atoms with Crippen LogP contribution in [0.2, 0.25) is 5.02 Å².